The Balaban J connectivity index is 0.000000140. The minimum atomic E-state index is -0.826. The first kappa shape index (κ1) is 41.8. The van der Waals surface area contributed by atoms with Crippen molar-refractivity contribution in [2.24, 2.45) is 0 Å². The molecule has 282 valence electrons. The van der Waals surface area contributed by atoms with E-state index in [1.54, 1.807) is 0 Å². The van der Waals surface area contributed by atoms with Crippen LogP contribution in [0.15, 0.2) is 152 Å². The normalized spacial score (nSPS) is 11.7. The maximum atomic E-state index is 4.93. The van der Waals surface area contributed by atoms with Crippen LogP contribution < -0.4 is 10.4 Å². The van der Waals surface area contributed by atoms with Crippen molar-refractivity contribution in [2.75, 3.05) is 0 Å². The smallest absolute Gasteiger partial charge is 0.0920 e. The molecular weight excluding hydrogens is 815 g/mol. The predicted molar refractivity (Wildman–Crippen MR) is 244 cm³/mol. The van der Waals surface area contributed by atoms with E-state index < -0.39 is 20.8 Å². The summed E-state index contributed by atoms with van der Waals surface area (Å²) in [7, 11) is 10.7. The second-order valence-corrected chi connectivity index (χ2v) is 21.5. The number of hydrogen-bond donors (Lipinski definition) is 0. The van der Waals surface area contributed by atoms with Gasteiger partial charge >= 0.3 is 37.9 Å². The fourth-order valence-electron chi connectivity index (χ4n) is 7.71. The summed E-state index contributed by atoms with van der Waals surface area (Å²) < 4.78 is 0. The third kappa shape index (κ3) is 9.66. The second-order valence-electron chi connectivity index (χ2n) is 16.5. The summed E-state index contributed by atoms with van der Waals surface area (Å²) in [5.41, 5.74) is 14.0. The SMILES string of the molecule is Cc1cc2c(-c3ccccc3C(C)(C)C)cccc2[cH-]1.Cc1cc2c(-c3ccccc3C(C)(C)C)cccc2[cH-]1.[Cl][Zr][Cl].[c-]1cccc2c1[Si]c1ccccc1-2. The van der Waals surface area contributed by atoms with Crippen LogP contribution >= 0.6 is 17.0 Å². The third-order valence-electron chi connectivity index (χ3n) is 10.2. The average molecular weight is 864 g/mol. The summed E-state index contributed by atoms with van der Waals surface area (Å²) in [6.07, 6.45) is 0. The van der Waals surface area contributed by atoms with Crippen LogP contribution in [0, 0.1) is 19.9 Å². The minimum Gasteiger partial charge on any atom is -0.184 e. The van der Waals surface area contributed by atoms with E-state index in [0.717, 1.165) is 9.52 Å². The molecule has 0 saturated carbocycles. The molecule has 0 spiro atoms. The summed E-state index contributed by atoms with van der Waals surface area (Å²) in [5.74, 6) is 0. The molecule has 4 heteroatoms. The van der Waals surface area contributed by atoms with Gasteiger partial charge in [0.25, 0.3) is 0 Å². The Bertz CT molecular complexity index is 2380. The van der Waals surface area contributed by atoms with Gasteiger partial charge in [0.15, 0.2) is 0 Å². The Morgan fingerprint density at radius 2 is 0.911 bits per heavy atom. The van der Waals surface area contributed by atoms with Gasteiger partial charge in [0.2, 0.25) is 0 Å². The molecule has 1 heterocycles. The minimum absolute atomic E-state index is 0.153. The molecule has 0 fully saturated rings. The van der Waals surface area contributed by atoms with Crippen LogP contribution in [0.3, 0.4) is 0 Å². The Labute approximate surface area is 356 Å². The number of halogens is 2. The van der Waals surface area contributed by atoms with Gasteiger partial charge in [-0.15, -0.1) is 74.6 Å². The van der Waals surface area contributed by atoms with Gasteiger partial charge in [-0.2, -0.15) is 41.6 Å². The van der Waals surface area contributed by atoms with Crippen LogP contribution in [0.1, 0.15) is 63.8 Å². The van der Waals surface area contributed by atoms with E-state index in [0.29, 0.717) is 0 Å². The van der Waals surface area contributed by atoms with Gasteiger partial charge in [0, 0.05) is 0 Å². The molecule has 56 heavy (non-hydrogen) atoms. The Morgan fingerprint density at radius 1 is 0.500 bits per heavy atom. The van der Waals surface area contributed by atoms with E-state index in [1.807, 2.05) is 6.07 Å². The Morgan fingerprint density at radius 3 is 1.39 bits per heavy atom. The first-order valence-corrected chi connectivity index (χ1v) is 26.5. The number of benzene rings is 6. The van der Waals surface area contributed by atoms with E-state index >= 15 is 0 Å². The van der Waals surface area contributed by atoms with Crippen LogP contribution in [0.25, 0.3) is 54.9 Å². The van der Waals surface area contributed by atoms with Crippen molar-refractivity contribution in [3.05, 3.63) is 180 Å². The monoisotopic (exact) mass is 861 g/mol. The zero-order valence-corrected chi connectivity index (χ0v) is 38.7. The van der Waals surface area contributed by atoms with Gasteiger partial charge in [0.1, 0.15) is 0 Å². The number of aryl methyl sites for hydroxylation is 2. The van der Waals surface area contributed by atoms with E-state index in [1.165, 1.54) is 87.6 Å². The van der Waals surface area contributed by atoms with Gasteiger partial charge in [-0.25, -0.2) is 0 Å². The van der Waals surface area contributed by atoms with Crippen LogP contribution in [-0.4, -0.2) is 9.52 Å². The zero-order valence-electron chi connectivity index (χ0n) is 33.7. The molecule has 0 unspecified atom stereocenters. The first-order chi connectivity index (χ1) is 26.8. The molecule has 0 bridgehead atoms. The molecular formula is C52H49Cl2SiZr-3. The molecule has 0 aromatic heterocycles. The molecule has 0 amide bonds. The van der Waals surface area contributed by atoms with E-state index in [-0.39, 0.29) is 10.8 Å². The summed E-state index contributed by atoms with van der Waals surface area (Å²) in [6, 6.07) is 58.1. The summed E-state index contributed by atoms with van der Waals surface area (Å²) in [4.78, 5) is 0. The van der Waals surface area contributed by atoms with Crippen molar-refractivity contribution in [2.45, 2.75) is 66.2 Å². The Kier molecular flexibility index (Phi) is 13.6. The van der Waals surface area contributed by atoms with Crippen LogP contribution in [-0.2, 0) is 31.7 Å². The molecule has 2 radical (unpaired) electrons. The number of hydrogen-bond acceptors (Lipinski definition) is 0. The standard InChI is InChI=1S/2C20H21.C12H7Si.2ClH.Zr/c2*1-14-12-15-8-7-10-16(18(15)13-14)17-9-5-6-11-19(17)20(2,3)4;1-3-7-11-9(5-1)10-6-2-4-8-12(10)13-11;;;/h2*5-13H,1-4H3;1-7H;2*1H;/q3*-1;;;+2/p-2. The molecule has 1 aliphatic rings. The molecule has 0 N–H and O–H groups in total. The number of rotatable bonds is 2. The van der Waals surface area contributed by atoms with Crippen LogP contribution in [0.2, 0.25) is 0 Å². The zero-order chi connectivity index (χ0) is 40.0. The molecule has 0 saturated heterocycles. The maximum Gasteiger partial charge on any atom is 0.0920 e. The van der Waals surface area contributed by atoms with Crippen molar-refractivity contribution in [1.29, 1.82) is 0 Å². The molecule has 0 nitrogen and oxygen atoms in total. The van der Waals surface area contributed by atoms with Crippen molar-refractivity contribution >= 4 is 58.5 Å². The summed E-state index contributed by atoms with van der Waals surface area (Å²) in [6.45, 7) is 18.0. The van der Waals surface area contributed by atoms with Crippen molar-refractivity contribution < 1.29 is 20.8 Å². The van der Waals surface area contributed by atoms with Crippen molar-refractivity contribution in [3.8, 4) is 33.4 Å². The van der Waals surface area contributed by atoms with Crippen LogP contribution in [0.4, 0.5) is 0 Å². The van der Waals surface area contributed by atoms with Crippen molar-refractivity contribution in [3.63, 3.8) is 0 Å². The van der Waals surface area contributed by atoms with Gasteiger partial charge < -0.3 is 0 Å². The summed E-state index contributed by atoms with van der Waals surface area (Å²) in [5, 5.41) is 8.22. The first-order valence-electron chi connectivity index (χ1n) is 19.2. The number of fused-ring (bicyclic) bond motifs is 5. The molecule has 1 aliphatic heterocycles. The molecule has 0 atom stereocenters. The molecule has 0 aliphatic carbocycles. The van der Waals surface area contributed by atoms with Crippen LogP contribution in [0.5, 0.6) is 0 Å². The maximum absolute atomic E-state index is 4.93. The van der Waals surface area contributed by atoms with E-state index in [4.69, 9.17) is 17.0 Å². The molecule has 9 rings (SSSR count). The molecule has 8 aromatic carbocycles. The van der Waals surface area contributed by atoms with Gasteiger partial charge in [-0.05, 0) is 33.1 Å². The van der Waals surface area contributed by atoms with Gasteiger partial charge in [-0.3, -0.25) is 0 Å². The largest absolute Gasteiger partial charge is 0.184 e. The summed E-state index contributed by atoms with van der Waals surface area (Å²) >= 11 is -0.826. The van der Waals surface area contributed by atoms with Gasteiger partial charge in [-0.1, -0.05) is 162 Å². The molecule has 8 aromatic rings. The average Bonchev–Trinajstić information content (AvgIpc) is 3.88. The fourth-order valence-corrected chi connectivity index (χ4v) is 9.02. The predicted octanol–water partition coefficient (Wildman–Crippen LogP) is 14.2. The second kappa shape index (κ2) is 18.2. The topological polar surface area (TPSA) is 0 Å². The quantitative estimate of drug-likeness (QED) is 0.120. The van der Waals surface area contributed by atoms with Gasteiger partial charge in [0.05, 0.1) is 9.52 Å². The van der Waals surface area contributed by atoms with E-state index in [2.05, 4.69) is 207 Å². The Hall–Kier alpha value is -3.78. The third-order valence-corrected chi connectivity index (χ3v) is 11.5. The van der Waals surface area contributed by atoms with E-state index in [9.17, 15) is 0 Å². The fraction of sp³-hybridized carbons (Fsp3) is 0.192. The van der Waals surface area contributed by atoms with Crippen molar-refractivity contribution in [1.82, 2.24) is 0 Å².